The van der Waals surface area contributed by atoms with Gasteiger partial charge in [-0.15, -0.1) is 0 Å². The molecule has 0 atom stereocenters. The van der Waals surface area contributed by atoms with Crippen LogP contribution >= 0.6 is 11.6 Å². The lowest BCUT2D eigenvalue weighted by atomic mass is 10.1. The maximum Gasteiger partial charge on any atom is 0.267 e. The number of aryl methyl sites for hydroxylation is 4. The number of ether oxygens (including phenoxy) is 1. The van der Waals surface area contributed by atoms with Crippen LogP contribution in [0.2, 0.25) is 5.02 Å². The number of aromatic nitrogens is 4. The van der Waals surface area contributed by atoms with E-state index in [1.807, 2.05) is 54.9 Å². The third-order valence-corrected chi connectivity index (χ3v) is 6.24. The van der Waals surface area contributed by atoms with Crippen LogP contribution in [0.5, 0.6) is 5.75 Å². The van der Waals surface area contributed by atoms with Gasteiger partial charge < -0.3 is 4.74 Å². The molecule has 0 spiro atoms. The molecule has 7 heteroatoms. The van der Waals surface area contributed by atoms with Crippen LogP contribution < -0.4 is 10.3 Å². The number of hydrogen-bond donors (Lipinski definition) is 0. The Labute approximate surface area is 208 Å². The molecule has 0 unspecified atom stereocenters. The van der Waals surface area contributed by atoms with E-state index >= 15 is 0 Å². The van der Waals surface area contributed by atoms with E-state index in [0.29, 0.717) is 40.0 Å². The highest BCUT2D eigenvalue weighted by Crippen LogP contribution is 2.25. The van der Waals surface area contributed by atoms with E-state index in [2.05, 4.69) is 32.0 Å². The lowest BCUT2D eigenvalue weighted by Crippen LogP contribution is -2.19. The van der Waals surface area contributed by atoms with Crippen LogP contribution in [-0.4, -0.2) is 19.2 Å². The molecule has 0 saturated carbocycles. The highest BCUT2D eigenvalue weighted by molar-refractivity contribution is 6.30. The first kappa shape index (κ1) is 22.9. The van der Waals surface area contributed by atoms with Crippen molar-refractivity contribution in [2.24, 2.45) is 0 Å². The summed E-state index contributed by atoms with van der Waals surface area (Å²) in [5.74, 6) is 0.524. The van der Waals surface area contributed by atoms with E-state index in [1.54, 1.807) is 12.3 Å². The van der Waals surface area contributed by atoms with Crippen LogP contribution in [0.15, 0.2) is 71.7 Å². The first-order valence-electron chi connectivity index (χ1n) is 11.4. The van der Waals surface area contributed by atoms with E-state index in [0.717, 1.165) is 22.5 Å². The molecule has 0 fully saturated rings. The summed E-state index contributed by atoms with van der Waals surface area (Å²) in [4.78, 5) is 18.3. The van der Waals surface area contributed by atoms with Crippen molar-refractivity contribution in [1.82, 2.24) is 19.2 Å². The summed E-state index contributed by atoms with van der Waals surface area (Å²) in [6.45, 7) is 8.26. The molecule has 5 rings (SSSR count). The van der Waals surface area contributed by atoms with Crippen molar-refractivity contribution in [3.8, 4) is 22.7 Å². The second kappa shape index (κ2) is 9.04. The second-order valence-electron chi connectivity index (χ2n) is 8.73. The van der Waals surface area contributed by atoms with Gasteiger partial charge >= 0.3 is 0 Å². The number of rotatable bonds is 5. The molecule has 0 bridgehead atoms. The summed E-state index contributed by atoms with van der Waals surface area (Å²) in [5.41, 5.74) is 7.11. The van der Waals surface area contributed by atoms with E-state index < -0.39 is 0 Å². The molecule has 5 aromatic rings. The number of hydrogen-bond acceptors (Lipinski definition) is 4. The molecular formula is C28H25ClN4O2. The smallest absolute Gasteiger partial charge is 0.267 e. The summed E-state index contributed by atoms with van der Waals surface area (Å²) in [7, 11) is 0. The van der Waals surface area contributed by atoms with Gasteiger partial charge in [-0.05, 0) is 75.2 Å². The Morgan fingerprint density at radius 3 is 2.57 bits per heavy atom. The standard InChI is InChI=1S/C28H25ClN4O2/c1-17-10-11-24(18(2)13-17)33-19(3)14-23(31-33)26-20(4)30-27-25(9-6-12-32(27)28(26)34)35-16-21-7-5-8-22(29)15-21/h5-15H,16H2,1-4H3. The van der Waals surface area contributed by atoms with Crippen molar-refractivity contribution in [1.29, 1.82) is 0 Å². The Balaban J connectivity index is 1.56. The fourth-order valence-corrected chi connectivity index (χ4v) is 4.53. The van der Waals surface area contributed by atoms with Crippen molar-refractivity contribution in [3.05, 3.63) is 110 Å². The third-order valence-electron chi connectivity index (χ3n) is 6.01. The van der Waals surface area contributed by atoms with Crippen LogP contribution in [0.1, 0.15) is 28.1 Å². The number of fused-ring (bicyclic) bond motifs is 1. The Kier molecular flexibility index (Phi) is 5.91. The van der Waals surface area contributed by atoms with Crippen LogP contribution in [0.4, 0.5) is 0 Å². The molecule has 176 valence electrons. The highest BCUT2D eigenvalue weighted by atomic mass is 35.5. The lowest BCUT2D eigenvalue weighted by Gasteiger charge is -2.12. The largest absolute Gasteiger partial charge is 0.485 e. The fourth-order valence-electron chi connectivity index (χ4n) is 4.32. The summed E-state index contributed by atoms with van der Waals surface area (Å²) in [6, 6.07) is 19.2. The zero-order valence-electron chi connectivity index (χ0n) is 20.0. The minimum Gasteiger partial charge on any atom is -0.485 e. The molecule has 0 aliphatic rings. The average Bonchev–Trinajstić information content (AvgIpc) is 3.18. The monoisotopic (exact) mass is 484 g/mol. The minimum absolute atomic E-state index is 0.189. The molecular weight excluding hydrogens is 460 g/mol. The summed E-state index contributed by atoms with van der Waals surface area (Å²) < 4.78 is 9.41. The Hall–Kier alpha value is -3.90. The minimum atomic E-state index is -0.189. The van der Waals surface area contributed by atoms with Gasteiger partial charge in [0.05, 0.1) is 16.9 Å². The van der Waals surface area contributed by atoms with E-state index in [9.17, 15) is 4.79 Å². The van der Waals surface area contributed by atoms with Gasteiger partial charge in [-0.1, -0.05) is 41.4 Å². The maximum absolute atomic E-state index is 13.6. The number of benzene rings is 2. The van der Waals surface area contributed by atoms with E-state index in [1.165, 1.54) is 9.96 Å². The van der Waals surface area contributed by atoms with Crippen molar-refractivity contribution < 1.29 is 4.74 Å². The average molecular weight is 485 g/mol. The predicted octanol–water partition coefficient (Wildman–Crippen LogP) is 6.01. The predicted molar refractivity (Wildman–Crippen MR) is 139 cm³/mol. The molecule has 0 saturated heterocycles. The van der Waals surface area contributed by atoms with Crippen molar-refractivity contribution >= 4 is 17.2 Å². The summed E-state index contributed by atoms with van der Waals surface area (Å²) in [5, 5.41) is 5.44. The SMILES string of the molecule is Cc1ccc(-n2nc(-c3c(C)nc4c(OCc5cccc(Cl)c5)cccn4c3=O)cc2C)c(C)c1. The Bertz CT molecular complexity index is 1630. The Morgan fingerprint density at radius 1 is 0.971 bits per heavy atom. The molecule has 6 nitrogen and oxygen atoms in total. The van der Waals surface area contributed by atoms with Gasteiger partial charge in [-0.3, -0.25) is 9.20 Å². The van der Waals surface area contributed by atoms with Crippen molar-refractivity contribution in [2.45, 2.75) is 34.3 Å². The molecule has 35 heavy (non-hydrogen) atoms. The van der Waals surface area contributed by atoms with Gasteiger partial charge in [0.15, 0.2) is 11.4 Å². The molecule has 0 aliphatic heterocycles. The number of nitrogens with zero attached hydrogens (tertiary/aromatic N) is 4. The molecule has 2 aromatic carbocycles. The molecule has 3 aromatic heterocycles. The topological polar surface area (TPSA) is 61.4 Å². The van der Waals surface area contributed by atoms with Gasteiger partial charge in [0.25, 0.3) is 5.56 Å². The van der Waals surface area contributed by atoms with Crippen LogP contribution in [-0.2, 0) is 6.61 Å². The zero-order chi connectivity index (χ0) is 24.7. The van der Waals surface area contributed by atoms with Crippen LogP contribution in [0.25, 0.3) is 22.6 Å². The number of pyridine rings is 1. The molecule has 0 N–H and O–H groups in total. The van der Waals surface area contributed by atoms with Crippen LogP contribution in [0, 0.1) is 27.7 Å². The Morgan fingerprint density at radius 2 is 1.80 bits per heavy atom. The third kappa shape index (κ3) is 4.33. The molecule has 0 radical (unpaired) electrons. The van der Waals surface area contributed by atoms with Gasteiger partial charge in [0.2, 0.25) is 0 Å². The summed E-state index contributed by atoms with van der Waals surface area (Å²) in [6.07, 6.45) is 1.70. The first-order valence-corrected chi connectivity index (χ1v) is 11.7. The van der Waals surface area contributed by atoms with Gasteiger partial charge in [-0.2, -0.15) is 5.10 Å². The molecule has 0 aliphatic carbocycles. The second-order valence-corrected chi connectivity index (χ2v) is 9.17. The van der Waals surface area contributed by atoms with Gasteiger partial charge in [-0.25, -0.2) is 9.67 Å². The zero-order valence-corrected chi connectivity index (χ0v) is 20.8. The molecule has 0 amide bonds. The first-order chi connectivity index (χ1) is 16.8. The maximum atomic E-state index is 13.6. The van der Waals surface area contributed by atoms with Gasteiger partial charge in [0.1, 0.15) is 12.3 Å². The van der Waals surface area contributed by atoms with Crippen molar-refractivity contribution in [2.75, 3.05) is 0 Å². The van der Waals surface area contributed by atoms with E-state index in [4.69, 9.17) is 26.4 Å². The quantitative estimate of drug-likeness (QED) is 0.306. The normalized spacial score (nSPS) is 11.2. The number of halogens is 1. The van der Waals surface area contributed by atoms with Crippen LogP contribution in [0.3, 0.4) is 0 Å². The molecule has 3 heterocycles. The lowest BCUT2D eigenvalue weighted by molar-refractivity contribution is 0.308. The fraction of sp³-hybridized carbons (Fsp3) is 0.179. The highest BCUT2D eigenvalue weighted by Gasteiger charge is 2.19. The van der Waals surface area contributed by atoms with Crippen molar-refractivity contribution in [3.63, 3.8) is 0 Å². The van der Waals surface area contributed by atoms with E-state index in [-0.39, 0.29) is 5.56 Å². The summed E-state index contributed by atoms with van der Waals surface area (Å²) >= 11 is 6.09. The van der Waals surface area contributed by atoms with Gasteiger partial charge in [0, 0.05) is 16.9 Å².